The molecule has 0 radical (unpaired) electrons. The first-order chi connectivity index (χ1) is 15.6. The monoisotopic (exact) mass is 452 g/mol. The van der Waals surface area contributed by atoms with Crippen LogP contribution in [0.25, 0.3) is 27.6 Å². The highest BCUT2D eigenvalue weighted by Gasteiger charge is 2.24. The lowest BCUT2D eigenvalue weighted by molar-refractivity contribution is 0.271. The molecule has 0 aromatic carbocycles. The number of H-pyrrole nitrogens is 1. The number of thiazole rings is 1. The summed E-state index contributed by atoms with van der Waals surface area (Å²) in [7, 11) is 1.65. The molecule has 0 unspecified atom stereocenters. The van der Waals surface area contributed by atoms with Crippen molar-refractivity contribution in [2.24, 2.45) is 0 Å². The number of nitrogens with zero attached hydrogens (tertiary/aromatic N) is 7. The summed E-state index contributed by atoms with van der Waals surface area (Å²) in [6.45, 7) is 12.0. The number of ether oxygens (including phenoxy) is 1. The number of hydrogen-bond donors (Lipinski definition) is 1. The molecule has 5 rings (SSSR count). The van der Waals surface area contributed by atoms with Gasteiger partial charge in [0.15, 0.2) is 11.4 Å². The second-order valence-corrected chi connectivity index (χ2v) is 9.28. The minimum Gasteiger partial charge on any atom is -0.493 e. The van der Waals surface area contributed by atoms with E-state index >= 15 is 0 Å². The number of piperazine rings is 1. The second-order valence-electron chi connectivity index (χ2n) is 8.27. The van der Waals surface area contributed by atoms with E-state index in [4.69, 9.17) is 14.8 Å². The lowest BCUT2D eigenvalue weighted by Crippen LogP contribution is -2.45. The van der Waals surface area contributed by atoms with Crippen LogP contribution in [0.5, 0.6) is 5.75 Å². The van der Waals surface area contributed by atoms with Crippen molar-refractivity contribution < 1.29 is 4.74 Å². The molecule has 1 saturated heterocycles. The van der Waals surface area contributed by atoms with E-state index in [0.29, 0.717) is 11.4 Å². The summed E-state index contributed by atoms with van der Waals surface area (Å²) in [5.74, 6) is 0.935. The quantitative estimate of drug-likeness (QED) is 0.479. The lowest BCUT2D eigenvalue weighted by Gasteiger charge is -2.34. The van der Waals surface area contributed by atoms with Crippen molar-refractivity contribution in [3.63, 3.8) is 0 Å². The second kappa shape index (κ2) is 8.51. The van der Waals surface area contributed by atoms with Gasteiger partial charge in [0.1, 0.15) is 22.0 Å². The molecule has 0 aliphatic carbocycles. The Bertz CT molecular complexity index is 1220. The van der Waals surface area contributed by atoms with Crippen LogP contribution in [0.2, 0.25) is 0 Å². The van der Waals surface area contributed by atoms with Gasteiger partial charge in [-0.2, -0.15) is 10.2 Å². The predicted molar refractivity (Wildman–Crippen MR) is 127 cm³/mol. The molecule has 0 atom stereocenters. The van der Waals surface area contributed by atoms with Crippen molar-refractivity contribution in [3.8, 4) is 27.7 Å². The third-order valence-corrected chi connectivity index (χ3v) is 7.12. The Kier molecular flexibility index (Phi) is 5.56. The number of anilines is 1. The van der Waals surface area contributed by atoms with E-state index in [1.807, 2.05) is 18.5 Å². The standard InChI is InChI=1S/C22H28N8OS/c1-5-28-6-8-29(9-7-28)17-11-23-22(32-17)20-18(14(2)3)19(26-27-20)15-10-16(31-4)21-24-13-25-30(21)12-15/h10-14H,5-9H2,1-4H3,(H,26,27). The molecule has 0 amide bonds. The fourth-order valence-electron chi connectivity index (χ4n) is 4.28. The van der Waals surface area contributed by atoms with Crippen LogP contribution in [0.15, 0.2) is 24.8 Å². The molecule has 168 valence electrons. The van der Waals surface area contributed by atoms with Gasteiger partial charge in [0.2, 0.25) is 0 Å². The molecule has 32 heavy (non-hydrogen) atoms. The van der Waals surface area contributed by atoms with Gasteiger partial charge in [-0.25, -0.2) is 14.5 Å². The van der Waals surface area contributed by atoms with E-state index in [1.165, 1.54) is 11.3 Å². The maximum Gasteiger partial charge on any atom is 0.197 e. The third-order valence-electron chi connectivity index (χ3n) is 6.06. The van der Waals surface area contributed by atoms with Gasteiger partial charge in [-0.15, -0.1) is 0 Å². The summed E-state index contributed by atoms with van der Waals surface area (Å²) in [6.07, 6.45) is 5.47. The molecule has 1 fully saturated rings. The van der Waals surface area contributed by atoms with Crippen molar-refractivity contribution in [2.45, 2.75) is 26.7 Å². The molecule has 1 aliphatic rings. The van der Waals surface area contributed by atoms with Gasteiger partial charge in [-0.3, -0.25) is 5.10 Å². The van der Waals surface area contributed by atoms with Crippen LogP contribution >= 0.6 is 11.3 Å². The number of fused-ring (bicyclic) bond motifs is 1. The highest BCUT2D eigenvalue weighted by Crippen LogP contribution is 2.39. The summed E-state index contributed by atoms with van der Waals surface area (Å²) in [5.41, 5.74) is 4.66. The molecular weight excluding hydrogens is 424 g/mol. The largest absolute Gasteiger partial charge is 0.493 e. The summed E-state index contributed by atoms with van der Waals surface area (Å²) < 4.78 is 7.28. The van der Waals surface area contributed by atoms with Crippen molar-refractivity contribution >= 4 is 22.0 Å². The fraction of sp³-hybridized carbons (Fsp3) is 0.455. The lowest BCUT2D eigenvalue weighted by atomic mass is 9.97. The first-order valence-electron chi connectivity index (χ1n) is 11.0. The molecule has 0 bridgehead atoms. The highest BCUT2D eigenvalue weighted by molar-refractivity contribution is 7.18. The smallest absolute Gasteiger partial charge is 0.197 e. The number of likely N-dealkylation sites (N-methyl/N-ethyl adjacent to an activating group) is 1. The van der Waals surface area contributed by atoms with Gasteiger partial charge in [0.05, 0.1) is 19.0 Å². The Morgan fingerprint density at radius 3 is 2.72 bits per heavy atom. The van der Waals surface area contributed by atoms with E-state index in [0.717, 1.165) is 60.2 Å². The molecule has 5 heterocycles. The van der Waals surface area contributed by atoms with Crippen molar-refractivity contribution in [2.75, 3.05) is 44.7 Å². The van der Waals surface area contributed by atoms with Gasteiger partial charge in [-0.05, 0) is 18.5 Å². The Balaban J connectivity index is 1.50. The molecule has 4 aromatic rings. The Morgan fingerprint density at radius 1 is 1.19 bits per heavy atom. The van der Waals surface area contributed by atoms with E-state index in [-0.39, 0.29) is 5.92 Å². The van der Waals surface area contributed by atoms with E-state index < -0.39 is 0 Å². The van der Waals surface area contributed by atoms with Gasteiger partial charge in [0, 0.05) is 43.5 Å². The molecule has 10 heteroatoms. The summed E-state index contributed by atoms with van der Waals surface area (Å²) in [4.78, 5) is 13.9. The van der Waals surface area contributed by atoms with Crippen LogP contribution in [0.4, 0.5) is 5.00 Å². The topological polar surface area (TPSA) is 87.5 Å². The first kappa shape index (κ1) is 20.9. The maximum absolute atomic E-state index is 5.55. The summed E-state index contributed by atoms with van der Waals surface area (Å²) in [6, 6.07) is 1.98. The number of aromatic nitrogens is 6. The van der Waals surface area contributed by atoms with Gasteiger partial charge < -0.3 is 14.5 Å². The average Bonchev–Trinajstić information content (AvgIpc) is 3.57. The van der Waals surface area contributed by atoms with Crippen molar-refractivity contribution in [1.82, 2.24) is 34.7 Å². The van der Waals surface area contributed by atoms with Gasteiger partial charge in [0.25, 0.3) is 0 Å². The van der Waals surface area contributed by atoms with Crippen LogP contribution in [0.1, 0.15) is 32.3 Å². The van der Waals surface area contributed by atoms with E-state index in [9.17, 15) is 0 Å². The number of pyridine rings is 1. The molecular formula is C22H28N8OS. The molecule has 0 saturated carbocycles. The average molecular weight is 453 g/mol. The van der Waals surface area contributed by atoms with Crippen molar-refractivity contribution in [1.29, 1.82) is 0 Å². The van der Waals surface area contributed by atoms with E-state index in [1.54, 1.807) is 23.0 Å². The number of methoxy groups -OCH3 is 1. The van der Waals surface area contributed by atoms with Crippen LogP contribution in [-0.2, 0) is 0 Å². The SMILES string of the molecule is CCN1CCN(c2cnc(-c3n[nH]c(-c4cc(OC)c5ncnn5c4)c3C(C)C)s2)CC1. The first-order valence-corrected chi connectivity index (χ1v) is 11.8. The minimum atomic E-state index is 0.261. The van der Waals surface area contributed by atoms with Crippen molar-refractivity contribution in [3.05, 3.63) is 30.4 Å². The minimum absolute atomic E-state index is 0.261. The highest BCUT2D eigenvalue weighted by atomic mass is 32.1. The molecule has 9 nitrogen and oxygen atoms in total. The molecule has 4 aromatic heterocycles. The zero-order valence-corrected chi connectivity index (χ0v) is 19.7. The van der Waals surface area contributed by atoms with E-state index in [2.05, 4.69) is 45.8 Å². The zero-order valence-electron chi connectivity index (χ0n) is 18.9. The third kappa shape index (κ3) is 3.63. The van der Waals surface area contributed by atoms with Gasteiger partial charge in [-0.1, -0.05) is 32.1 Å². The van der Waals surface area contributed by atoms with Crippen LogP contribution in [-0.4, -0.2) is 74.5 Å². The predicted octanol–water partition coefficient (Wildman–Crippen LogP) is 3.52. The zero-order chi connectivity index (χ0) is 22.2. The Hall–Kier alpha value is -2.98. The fourth-order valence-corrected chi connectivity index (χ4v) is 5.26. The van der Waals surface area contributed by atoms with Crippen LogP contribution in [0.3, 0.4) is 0 Å². The number of hydrogen-bond acceptors (Lipinski definition) is 8. The van der Waals surface area contributed by atoms with Crippen LogP contribution in [0, 0.1) is 0 Å². The van der Waals surface area contributed by atoms with Gasteiger partial charge >= 0.3 is 0 Å². The number of aromatic amines is 1. The number of nitrogens with one attached hydrogen (secondary N) is 1. The number of rotatable bonds is 6. The molecule has 0 spiro atoms. The summed E-state index contributed by atoms with van der Waals surface area (Å²) >= 11 is 1.71. The van der Waals surface area contributed by atoms with Crippen LogP contribution < -0.4 is 9.64 Å². The molecule has 1 aliphatic heterocycles. The Labute approximate surface area is 191 Å². The molecule has 1 N–H and O–H groups in total. The normalized spacial score (nSPS) is 15.2. The Morgan fingerprint density at radius 2 is 2.00 bits per heavy atom. The maximum atomic E-state index is 5.55. The summed E-state index contributed by atoms with van der Waals surface area (Å²) in [5, 5.41) is 14.4.